The van der Waals surface area contributed by atoms with Gasteiger partial charge in [0.1, 0.15) is 0 Å². The van der Waals surface area contributed by atoms with E-state index < -0.39 is 11.7 Å². The molecule has 0 radical (unpaired) electrons. The van der Waals surface area contributed by atoms with Crippen LogP contribution in [0.25, 0.3) is 0 Å². The Hall–Kier alpha value is -1.67. The van der Waals surface area contributed by atoms with E-state index in [1.165, 1.54) is 12.1 Å². The molecule has 0 aliphatic heterocycles. The lowest BCUT2D eigenvalue weighted by Crippen LogP contribution is -2.34. The minimum atomic E-state index is -4.41. The van der Waals surface area contributed by atoms with E-state index in [2.05, 4.69) is 20.9 Å². The van der Waals surface area contributed by atoms with E-state index >= 15 is 0 Å². The third-order valence-electron chi connectivity index (χ3n) is 3.32. The highest BCUT2D eigenvalue weighted by Crippen LogP contribution is 2.32. The number of hydrogen-bond donors (Lipinski definition) is 1. The average molecular weight is 432 g/mol. The number of halogens is 4. The van der Waals surface area contributed by atoms with Gasteiger partial charge in [0.2, 0.25) is 5.96 Å². The van der Waals surface area contributed by atoms with Crippen LogP contribution in [0.1, 0.15) is 5.56 Å². The minimum Gasteiger partial charge on any atom is -0.369 e. The number of guanidine groups is 1. The zero-order chi connectivity index (χ0) is 18.4. The lowest BCUT2D eigenvalue weighted by Gasteiger charge is -2.21. The maximum absolute atomic E-state index is 12.8. The number of alkyl halides is 4. The maximum atomic E-state index is 12.8. The molecule has 0 aliphatic rings. The quantitative estimate of drug-likeness (QED) is 0.303. The van der Waals surface area contributed by atoms with Crippen molar-refractivity contribution in [2.45, 2.75) is 11.1 Å². The van der Waals surface area contributed by atoms with E-state index in [0.29, 0.717) is 0 Å². The summed E-state index contributed by atoms with van der Waals surface area (Å²) in [5.41, 5.74) is 6.27. The zero-order valence-corrected chi connectivity index (χ0v) is 15.8. The van der Waals surface area contributed by atoms with Gasteiger partial charge in [-0.2, -0.15) is 13.2 Å². The summed E-state index contributed by atoms with van der Waals surface area (Å²) in [4.78, 5) is 6.82. The van der Waals surface area contributed by atoms with Crippen molar-refractivity contribution in [3.8, 4) is 0 Å². The predicted octanol–water partition coefficient (Wildman–Crippen LogP) is 5.28. The van der Waals surface area contributed by atoms with Gasteiger partial charge in [0, 0.05) is 23.0 Å². The maximum Gasteiger partial charge on any atom is 0.416 e. The molecule has 2 N–H and O–H groups in total. The van der Waals surface area contributed by atoms with E-state index in [-0.39, 0.29) is 11.6 Å². The Bertz CT molecular complexity index is 750. The molecule has 2 rings (SSSR count). The number of para-hydroxylation sites is 1. The molecular weight excluding hydrogens is 415 g/mol. The van der Waals surface area contributed by atoms with Gasteiger partial charge in [-0.3, -0.25) is 0 Å². The first-order valence-electron chi connectivity index (χ1n) is 7.36. The Morgan fingerprint density at radius 1 is 1.20 bits per heavy atom. The summed E-state index contributed by atoms with van der Waals surface area (Å²) < 4.78 is 38.4. The highest BCUT2D eigenvalue weighted by molar-refractivity contribution is 9.09. The number of hydrogen-bond acceptors (Lipinski definition) is 2. The average Bonchev–Trinajstić information content (AvgIpc) is 2.59. The highest BCUT2D eigenvalue weighted by Gasteiger charge is 2.30. The lowest BCUT2D eigenvalue weighted by molar-refractivity contribution is -0.137. The molecule has 0 amide bonds. The van der Waals surface area contributed by atoms with Crippen LogP contribution in [-0.4, -0.2) is 24.1 Å². The topological polar surface area (TPSA) is 41.6 Å². The Balaban J connectivity index is 2.28. The van der Waals surface area contributed by atoms with Gasteiger partial charge in [-0.15, -0.1) is 11.8 Å². The molecule has 0 heterocycles. The van der Waals surface area contributed by atoms with Crippen molar-refractivity contribution >= 4 is 45.0 Å². The van der Waals surface area contributed by atoms with Gasteiger partial charge in [-0.25, -0.2) is 4.99 Å². The van der Waals surface area contributed by atoms with Gasteiger partial charge in [0.25, 0.3) is 0 Å². The monoisotopic (exact) mass is 431 g/mol. The molecule has 134 valence electrons. The number of thioether (sulfide) groups is 1. The van der Waals surface area contributed by atoms with Gasteiger partial charge in [-0.05, 0) is 30.3 Å². The summed E-state index contributed by atoms with van der Waals surface area (Å²) in [5, 5.41) is 0.851. The van der Waals surface area contributed by atoms with Gasteiger partial charge >= 0.3 is 6.18 Å². The zero-order valence-electron chi connectivity index (χ0n) is 13.4. The van der Waals surface area contributed by atoms with E-state index in [0.717, 1.165) is 33.8 Å². The molecule has 2 aromatic rings. The number of anilines is 1. The summed E-state index contributed by atoms with van der Waals surface area (Å²) in [6, 6.07) is 12.4. The second-order valence-corrected chi connectivity index (χ2v) is 7.01. The van der Waals surface area contributed by atoms with E-state index in [1.807, 2.05) is 24.3 Å². The number of nitrogens with two attached hydrogens (primary N) is 1. The smallest absolute Gasteiger partial charge is 0.369 e. The van der Waals surface area contributed by atoms with Gasteiger partial charge in [0.05, 0.1) is 16.9 Å². The second kappa shape index (κ2) is 8.62. The van der Waals surface area contributed by atoms with Gasteiger partial charge in [0.15, 0.2) is 0 Å². The fraction of sp³-hybridized carbons (Fsp3) is 0.235. The summed E-state index contributed by atoms with van der Waals surface area (Å²) >= 11 is 5.05. The molecule has 0 aliphatic carbocycles. The van der Waals surface area contributed by atoms with Gasteiger partial charge < -0.3 is 10.6 Å². The first kappa shape index (κ1) is 19.7. The van der Waals surface area contributed by atoms with Crippen LogP contribution in [-0.2, 0) is 6.18 Å². The van der Waals surface area contributed by atoms with Crippen LogP contribution in [0.5, 0.6) is 0 Å². The molecule has 0 fully saturated rings. The highest BCUT2D eigenvalue weighted by atomic mass is 79.9. The SMILES string of the molecule is CN(C(N)=Nc1cccc(C(F)(F)F)c1)c1ccccc1SCCBr. The molecule has 8 heteroatoms. The fourth-order valence-corrected chi connectivity index (χ4v) is 3.40. The lowest BCUT2D eigenvalue weighted by atomic mass is 10.2. The van der Waals surface area contributed by atoms with Crippen LogP contribution < -0.4 is 10.6 Å². The largest absolute Gasteiger partial charge is 0.416 e. The van der Waals surface area contributed by atoms with Crippen LogP contribution in [0.4, 0.5) is 24.5 Å². The summed E-state index contributed by atoms with van der Waals surface area (Å²) in [6.07, 6.45) is -4.41. The number of nitrogens with zero attached hydrogens (tertiary/aromatic N) is 2. The Labute approximate surface area is 157 Å². The minimum absolute atomic E-state index is 0.117. The van der Waals surface area contributed by atoms with E-state index in [4.69, 9.17) is 5.73 Å². The van der Waals surface area contributed by atoms with Crippen molar-refractivity contribution in [2.75, 3.05) is 23.0 Å². The molecule has 2 aromatic carbocycles. The van der Waals surface area contributed by atoms with Crippen LogP contribution in [0.3, 0.4) is 0 Å². The Kier molecular flexibility index (Phi) is 6.78. The molecule has 0 atom stereocenters. The molecular formula is C17H17BrF3N3S. The molecule has 0 aromatic heterocycles. The van der Waals surface area contributed by atoms with Crippen molar-refractivity contribution in [2.24, 2.45) is 10.7 Å². The normalized spacial score (nSPS) is 12.3. The summed E-state index contributed by atoms with van der Waals surface area (Å²) in [7, 11) is 1.74. The predicted molar refractivity (Wildman–Crippen MR) is 102 cm³/mol. The fourth-order valence-electron chi connectivity index (χ4n) is 2.09. The van der Waals surface area contributed by atoms with Crippen molar-refractivity contribution < 1.29 is 13.2 Å². The summed E-state index contributed by atoms with van der Waals surface area (Å²) in [6.45, 7) is 0. The second-order valence-electron chi connectivity index (χ2n) is 5.08. The molecule has 0 saturated heterocycles. The third kappa shape index (κ3) is 5.40. The third-order valence-corrected chi connectivity index (χ3v) is 5.31. The first-order chi connectivity index (χ1) is 11.8. The molecule has 0 spiro atoms. The molecule has 3 nitrogen and oxygen atoms in total. The van der Waals surface area contributed by atoms with Crippen molar-refractivity contribution in [3.63, 3.8) is 0 Å². The van der Waals surface area contributed by atoms with Crippen LogP contribution in [0.2, 0.25) is 0 Å². The van der Waals surface area contributed by atoms with Gasteiger partial charge in [-0.1, -0.05) is 34.1 Å². The van der Waals surface area contributed by atoms with Crippen molar-refractivity contribution in [1.29, 1.82) is 0 Å². The van der Waals surface area contributed by atoms with E-state index in [1.54, 1.807) is 23.7 Å². The summed E-state index contributed by atoms with van der Waals surface area (Å²) in [5.74, 6) is 1.00. The van der Waals surface area contributed by atoms with Crippen LogP contribution in [0.15, 0.2) is 58.4 Å². The van der Waals surface area contributed by atoms with E-state index in [9.17, 15) is 13.2 Å². The molecule has 25 heavy (non-hydrogen) atoms. The number of aliphatic imine (C=N–C) groups is 1. The first-order valence-corrected chi connectivity index (χ1v) is 9.46. The number of benzene rings is 2. The van der Waals surface area contributed by atoms with Crippen molar-refractivity contribution in [1.82, 2.24) is 0 Å². The Morgan fingerprint density at radius 2 is 1.92 bits per heavy atom. The standard InChI is InChI=1S/C17H17BrF3N3S/c1-24(14-7-2-3-8-15(14)25-10-9-18)16(22)23-13-6-4-5-12(11-13)17(19,20)21/h2-8,11H,9-10H2,1H3,(H2,22,23). The Morgan fingerprint density at radius 3 is 2.60 bits per heavy atom. The van der Waals surface area contributed by atoms with Crippen LogP contribution >= 0.6 is 27.7 Å². The molecule has 0 unspecified atom stereocenters. The molecule has 0 saturated carbocycles. The number of rotatable bonds is 5. The molecule has 0 bridgehead atoms. The van der Waals surface area contributed by atoms with Crippen molar-refractivity contribution in [3.05, 3.63) is 54.1 Å². The van der Waals surface area contributed by atoms with Crippen LogP contribution in [0, 0.1) is 0 Å².